The number of esters is 1. The maximum Gasteiger partial charge on any atom is 0.313 e. The highest BCUT2D eigenvalue weighted by atomic mass is 16.5. The van der Waals surface area contributed by atoms with Gasteiger partial charge in [-0.2, -0.15) is 0 Å². The number of ether oxygens (including phenoxy) is 1. The van der Waals surface area contributed by atoms with Gasteiger partial charge in [0, 0.05) is 6.54 Å². The van der Waals surface area contributed by atoms with Crippen LogP contribution in [0.1, 0.15) is 43.7 Å². The van der Waals surface area contributed by atoms with Gasteiger partial charge in [0.2, 0.25) is 0 Å². The Morgan fingerprint density at radius 3 is 2.80 bits per heavy atom. The number of aryl methyl sites for hydroxylation is 1. The number of fused-ring (bicyclic) bond motifs is 1. The van der Waals surface area contributed by atoms with Crippen LogP contribution in [-0.2, 0) is 16.0 Å². The van der Waals surface area contributed by atoms with E-state index >= 15 is 0 Å². The Balaban J connectivity index is 1.91. The molecule has 0 spiro atoms. The number of nitrogens with zero attached hydrogens (tertiary/aromatic N) is 1. The van der Waals surface area contributed by atoms with E-state index < -0.39 is 0 Å². The zero-order valence-corrected chi connectivity index (χ0v) is 12.6. The van der Waals surface area contributed by atoms with Crippen molar-refractivity contribution in [3.05, 3.63) is 35.4 Å². The van der Waals surface area contributed by atoms with Crippen molar-refractivity contribution in [2.45, 2.75) is 39.0 Å². The molecule has 3 nitrogen and oxygen atoms in total. The number of carbonyl (C=O) groups excluding carboxylic acids is 1. The van der Waals surface area contributed by atoms with E-state index in [4.69, 9.17) is 4.74 Å². The number of carbonyl (C=O) groups is 1. The first kappa shape index (κ1) is 15.0. The van der Waals surface area contributed by atoms with Crippen molar-refractivity contribution < 1.29 is 9.53 Å². The van der Waals surface area contributed by atoms with Crippen LogP contribution in [0.5, 0.6) is 0 Å². The molecule has 0 radical (unpaired) electrons. The standard InChI is InChI=1S/C17H25NO2/c1-3-18(4-2)12-13-20-17(19)16-11-7-9-14-8-5-6-10-15(14)16/h5-6,8,10,16H,3-4,7,9,11-13H2,1-2H3. The largest absolute Gasteiger partial charge is 0.464 e. The van der Waals surface area contributed by atoms with E-state index in [0.717, 1.165) is 38.9 Å². The second-order valence-electron chi connectivity index (χ2n) is 5.34. The lowest BCUT2D eigenvalue weighted by Gasteiger charge is -2.24. The molecule has 0 fully saturated rings. The summed E-state index contributed by atoms with van der Waals surface area (Å²) >= 11 is 0. The summed E-state index contributed by atoms with van der Waals surface area (Å²) in [5.41, 5.74) is 2.48. The van der Waals surface area contributed by atoms with Crippen molar-refractivity contribution in [2.24, 2.45) is 0 Å². The molecule has 110 valence electrons. The molecule has 0 N–H and O–H groups in total. The summed E-state index contributed by atoms with van der Waals surface area (Å²) in [4.78, 5) is 14.5. The Kier molecular flexibility index (Phi) is 5.60. The Morgan fingerprint density at radius 2 is 2.05 bits per heavy atom. The molecule has 0 aliphatic heterocycles. The van der Waals surface area contributed by atoms with Crippen LogP contribution < -0.4 is 0 Å². The Hall–Kier alpha value is -1.35. The smallest absolute Gasteiger partial charge is 0.313 e. The third-order valence-corrected chi connectivity index (χ3v) is 4.20. The van der Waals surface area contributed by atoms with Gasteiger partial charge in [0.25, 0.3) is 0 Å². The highest BCUT2D eigenvalue weighted by Crippen LogP contribution is 2.32. The van der Waals surface area contributed by atoms with Gasteiger partial charge in [-0.3, -0.25) is 4.79 Å². The fourth-order valence-corrected chi connectivity index (χ4v) is 2.91. The summed E-state index contributed by atoms with van der Waals surface area (Å²) < 4.78 is 5.49. The Labute approximate surface area is 121 Å². The summed E-state index contributed by atoms with van der Waals surface area (Å²) in [7, 11) is 0. The quantitative estimate of drug-likeness (QED) is 0.748. The van der Waals surface area contributed by atoms with E-state index in [-0.39, 0.29) is 11.9 Å². The number of hydrogen-bond donors (Lipinski definition) is 0. The van der Waals surface area contributed by atoms with E-state index in [1.165, 1.54) is 11.1 Å². The summed E-state index contributed by atoms with van der Waals surface area (Å²) in [6, 6.07) is 8.27. The molecule has 0 bridgehead atoms. The molecular formula is C17H25NO2. The molecule has 1 aromatic rings. The molecule has 1 unspecified atom stereocenters. The molecule has 2 rings (SSSR count). The van der Waals surface area contributed by atoms with Gasteiger partial charge in [0.1, 0.15) is 6.61 Å². The van der Waals surface area contributed by atoms with E-state index in [0.29, 0.717) is 6.61 Å². The van der Waals surface area contributed by atoms with Gasteiger partial charge >= 0.3 is 5.97 Å². The highest BCUT2D eigenvalue weighted by Gasteiger charge is 2.27. The van der Waals surface area contributed by atoms with Gasteiger partial charge in [0.05, 0.1) is 5.92 Å². The number of benzene rings is 1. The summed E-state index contributed by atoms with van der Waals surface area (Å²) in [6.45, 7) is 7.58. The highest BCUT2D eigenvalue weighted by molar-refractivity contribution is 5.79. The van der Waals surface area contributed by atoms with Crippen molar-refractivity contribution in [3.8, 4) is 0 Å². The minimum Gasteiger partial charge on any atom is -0.464 e. The first-order chi connectivity index (χ1) is 9.76. The van der Waals surface area contributed by atoms with Crippen LogP contribution in [0, 0.1) is 0 Å². The normalized spacial score (nSPS) is 17.9. The van der Waals surface area contributed by atoms with Gasteiger partial charge in [-0.15, -0.1) is 0 Å². The van der Waals surface area contributed by atoms with E-state index in [9.17, 15) is 4.79 Å². The van der Waals surface area contributed by atoms with E-state index in [1.54, 1.807) is 0 Å². The molecular weight excluding hydrogens is 250 g/mol. The fourth-order valence-electron chi connectivity index (χ4n) is 2.91. The van der Waals surface area contributed by atoms with Crippen molar-refractivity contribution >= 4 is 5.97 Å². The molecule has 0 amide bonds. The first-order valence-electron chi connectivity index (χ1n) is 7.73. The van der Waals surface area contributed by atoms with E-state index in [2.05, 4.69) is 30.9 Å². The molecule has 20 heavy (non-hydrogen) atoms. The van der Waals surface area contributed by atoms with Gasteiger partial charge in [-0.1, -0.05) is 38.1 Å². The van der Waals surface area contributed by atoms with Crippen molar-refractivity contribution in [1.29, 1.82) is 0 Å². The van der Waals surface area contributed by atoms with E-state index in [1.807, 2.05) is 12.1 Å². The van der Waals surface area contributed by atoms with Gasteiger partial charge in [0.15, 0.2) is 0 Å². The average Bonchev–Trinajstić information content (AvgIpc) is 2.51. The average molecular weight is 275 g/mol. The van der Waals surface area contributed by atoms with Crippen LogP contribution in [0.4, 0.5) is 0 Å². The fraction of sp³-hybridized carbons (Fsp3) is 0.588. The minimum atomic E-state index is -0.0587. The Bertz CT molecular complexity index is 440. The van der Waals surface area contributed by atoms with Gasteiger partial charge < -0.3 is 9.64 Å². The summed E-state index contributed by atoms with van der Waals surface area (Å²) in [5.74, 6) is -0.110. The molecule has 0 heterocycles. The molecule has 0 saturated heterocycles. The summed E-state index contributed by atoms with van der Waals surface area (Å²) in [6.07, 6.45) is 3.08. The second kappa shape index (κ2) is 7.44. The second-order valence-corrected chi connectivity index (χ2v) is 5.34. The topological polar surface area (TPSA) is 29.5 Å². The zero-order chi connectivity index (χ0) is 14.4. The van der Waals surface area contributed by atoms with Crippen LogP contribution in [0.25, 0.3) is 0 Å². The third kappa shape index (κ3) is 3.60. The van der Waals surface area contributed by atoms with Crippen LogP contribution in [-0.4, -0.2) is 37.1 Å². The molecule has 1 aliphatic rings. The Morgan fingerprint density at radius 1 is 1.30 bits per heavy atom. The summed E-state index contributed by atoms with van der Waals surface area (Å²) in [5, 5.41) is 0. The lowest BCUT2D eigenvalue weighted by Crippen LogP contribution is -2.29. The monoisotopic (exact) mass is 275 g/mol. The predicted molar refractivity (Wildman–Crippen MR) is 80.9 cm³/mol. The van der Waals surface area contributed by atoms with Crippen LogP contribution in [0.15, 0.2) is 24.3 Å². The van der Waals surface area contributed by atoms with Gasteiger partial charge in [-0.25, -0.2) is 0 Å². The number of likely N-dealkylation sites (N-methyl/N-ethyl adjacent to an activating group) is 1. The predicted octanol–water partition coefficient (Wildman–Crippen LogP) is 2.99. The first-order valence-corrected chi connectivity index (χ1v) is 7.73. The minimum absolute atomic E-state index is 0.0516. The van der Waals surface area contributed by atoms with Crippen LogP contribution in [0.2, 0.25) is 0 Å². The molecule has 0 saturated carbocycles. The molecule has 1 aromatic carbocycles. The van der Waals surface area contributed by atoms with Crippen molar-refractivity contribution in [1.82, 2.24) is 4.90 Å². The molecule has 1 aliphatic carbocycles. The van der Waals surface area contributed by atoms with Crippen LogP contribution >= 0.6 is 0 Å². The van der Waals surface area contributed by atoms with Crippen LogP contribution in [0.3, 0.4) is 0 Å². The maximum absolute atomic E-state index is 12.3. The lowest BCUT2D eigenvalue weighted by molar-refractivity contribution is -0.146. The molecule has 1 atom stereocenters. The van der Waals surface area contributed by atoms with Crippen molar-refractivity contribution in [3.63, 3.8) is 0 Å². The molecule has 3 heteroatoms. The number of rotatable bonds is 6. The number of hydrogen-bond acceptors (Lipinski definition) is 3. The zero-order valence-electron chi connectivity index (χ0n) is 12.6. The third-order valence-electron chi connectivity index (χ3n) is 4.20. The van der Waals surface area contributed by atoms with Gasteiger partial charge in [-0.05, 0) is 43.5 Å². The SMILES string of the molecule is CCN(CC)CCOC(=O)C1CCCc2ccccc21. The maximum atomic E-state index is 12.3. The lowest BCUT2D eigenvalue weighted by atomic mass is 9.83. The van der Waals surface area contributed by atoms with Crippen molar-refractivity contribution in [2.75, 3.05) is 26.2 Å². The molecule has 0 aromatic heterocycles.